The highest BCUT2D eigenvalue weighted by Gasteiger charge is 2.38. The zero-order valence-corrected chi connectivity index (χ0v) is 10.5. The van der Waals surface area contributed by atoms with Crippen molar-refractivity contribution in [2.24, 2.45) is 0 Å². The van der Waals surface area contributed by atoms with Crippen LogP contribution < -0.4 is 0 Å². The fourth-order valence-corrected chi connectivity index (χ4v) is 3.08. The van der Waals surface area contributed by atoms with E-state index in [2.05, 4.69) is 11.9 Å². The van der Waals surface area contributed by atoms with Crippen LogP contribution in [0.5, 0.6) is 0 Å². The second kappa shape index (κ2) is 3.84. The van der Waals surface area contributed by atoms with Gasteiger partial charge in [0.05, 0.1) is 17.8 Å². The van der Waals surface area contributed by atoms with Gasteiger partial charge in [-0.2, -0.15) is 0 Å². The first-order chi connectivity index (χ1) is 8.20. The lowest BCUT2D eigenvalue weighted by Crippen LogP contribution is -2.28. The van der Waals surface area contributed by atoms with Crippen molar-refractivity contribution in [3.8, 4) is 0 Å². The first kappa shape index (κ1) is 10.8. The summed E-state index contributed by atoms with van der Waals surface area (Å²) in [6.07, 6.45) is 3.17. The molecule has 17 heavy (non-hydrogen) atoms. The van der Waals surface area contributed by atoms with Gasteiger partial charge in [-0.3, -0.25) is 5.41 Å². The number of nitrogens with zero attached hydrogens (tertiary/aromatic N) is 2. The number of nitrogens with one attached hydrogen (secondary N) is 1. The fourth-order valence-electron chi connectivity index (χ4n) is 2.11. The second-order valence-corrected chi connectivity index (χ2v) is 5.39. The van der Waals surface area contributed by atoms with Crippen molar-refractivity contribution in [1.82, 2.24) is 9.88 Å². The highest BCUT2D eigenvalue weighted by molar-refractivity contribution is 7.11. The van der Waals surface area contributed by atoms with Gasteiger partial charge in [0.15, 0.2) is 0 Å². The Kier molecular flexibility index (Phi) is 2.43. The molecule has 2 N–H and O–H groups in total. The van der Waals surface area contributed by atoms with Crippen LogP contribution in [-0.2, 0) is 6.42 Å². The first-order valence-corrected chi connectivity index (χ1v) is 6.81. The number of aliphatic hydroxyl groups is 1. The Morgan fingerprint density at radius 2 is 2.35 bits per heavy atom. The Hall–Kier alpha value is -1.36. The Balaban J connectivity index is 1.91. The van der Waals surface area contributed by atoms with Crippen molar-refractivity contribution in [2.45, 2.75) is 32.2 Å². The van der Waals surface area contributed by atoms with Crippen molar-refractivity contribution in [3.05, 3.63) is 21.8 Å². The zero-order chi connectivity index (χ0) is 12.0. The van der Waals surface area contributed by atoms with Gasteiger partial charge in [0.2, 0.25) is 0 Å². The minimum Gasteiger partial charge on any atom is -0.510 e. The van der Waals surface area contributed by atoms with E-state index in [0.717, 1.165) is 30.0 Å². The minimum atomic E-state index is 0.305. The Morgan fingerprint density at radius 3 is 2.94 bits per heavy atom. The predicted molar refractivity (Wildman–Crippen MR) is 68.5 cm³/mol. The molecule has 1 aliphatic carbocycles. The lowest BCUT2D eigenvalue weighted by Gasteiger charge is -2.16. The summed E-state index contributed by atoms with van der Waals surface area (Å²) in [5.41, 5.74) is 1.67. The first-order valence-electron chi connectivity index (χ1n) is 5.93. The quantitative estimate of drug-likeness (QED) is 0.865. The number of thiazole rings is 1. The smallest absolute Gasteiger partial charge is 0.135 e. The Labute approximate surface area is 104 Å². The summed E-state index contributed by atoms with van der Waals surface area (Å²) in [6.45, 7) is 2.55. The third-order valence-corrected chi connectivity index (χ3v) is 4.16. The number of aryl methyl sites for hydroxylation is 1. The maximum Gasteiger partial charge on any atom is 0.135 e. The van der Waals surface area contributed by atoms with Crippen molar-refractivity contribution in [3.63, 3.8) is 0 Å². The van der Waals surface area contributed by atoms with Crippen LogP contribution in [0, 0.1) is 5.41 Å². The summed E-state index contributed by atoms with van der Waals surface area (Å²) in [4.78, 5) is 6.44. The van der Waals surface area contributed by atoms with Crippen molar-refractivity contribution >= 4 is 22.7 Å². The lowest BCUT2D eigenvalue weighted by molar-refractivity contribution is 0.345. The summed E-state index contributed by atoms with van der Waals surface area (Å²) < 4.78 is 0. The van der Waals surface area contributed by atoms with E-state index < -0.39 is 0 Å². The third-order valence-electron chi connectivity index (χ3n) is 3.25. The van der Waals surface area contributed by atoms with Gasteiger partial charge in [-0.25, -0.2) is 4.98 Å². The molecule has 1 aromatic heterocycles. The van der Waals surface area contributed by atoms with Crippen LogP contribution >= 0.6 is 11.3 Å². The Morgan fingerprint density at radius 1 is 1.59 bits per heavy atom. The summed E-state index contributed by atoms with van der Waals surface area (Å²) in [5, 5.41) is 20.9. The molecule has 1 saturated carbocycles. The van der Waals surface area contributed by atoms with E-state index in [0.29, 0.717) is 29.8 Å². The molecule has 0 radical (unpaired) electrons. The SMILES string of the molecule is CCc1csc(C2=C(O)CN(C3CC3)C2=N)n1. The number of aromatic nitrogens is 1. The molecule has 0 amide bonds. The maximum atomic E-state index is 10.0. The van der Waals surface area contributed by atoms with Gasteiger partial charge < -0.3 is 10.0 Å². The number of hydrogen-bond donors (Lipinski definition) is 2. The molecule has 0 atom stereocenters. The molecular weight excluding hydrogens is 234 g/mol. The Bertz CT molecular complexity index is 502. The van der Waals surface area contributed by atoms with E-state index >= 15 is 0 Å². The van der Waals surface area contributed by atoms with Crippen LogP contribution in [0.3, 0.4) is 0 Å². The second-order valence-electron chi connectivity index (χ2n) is 4.53. The number of amidine groups is 1. The van der Waals surface area contributed by atoms with E-state index in [-0.39, 0.29) is 0 Å². The van der Waals surface area contributed by atoms with E-state index in [1.807, 2.05) is 10.3 Å². The van der Waals surface area contributed by atoms with Crippen molar-refractivity contribution in [2.75, 3.05) is 6.54 Å². The molecule has 0 spiro atoms. The van der Waals surface area contributed by atoms with Crippen LogP contribution in [0.1, 0.15) is 30.5 Å². The topological polar surface area (TPSA) is 60.2 Å². The average molecular weight is 249 g/mol. The molecule has 2 heterocycles. The third kappa shape index (κ3) is 1.74. The van der Waals surface area contributed by atoms with E-state index in [9.17, 15) is 5.11 Å². The highest BCUT2D eigenvalue weighted by atomic mass is 32.1. The number of rotatable bonds is 3. The van der Waals surface area contributed by atoms with Crippen LogP contribution in [0.4, 0.5) is 0 Å². The molecule has 2 aliphatic rings. The fraction of sp³-hybridized carbons (Fsp3) is 0.500. The monoisotopic (exact) mass is 249 g/mol. The average Bonchev–Trinajstić information content (AvgIpc) is 2.97. The molecule has 0 aromatic carbocycles. The van der Waals surface area contributed by atoms with Gasteiger partial charge in [0.1, 0.15) is 16.6 Å². The molecule has 5 heteroatoms. The molecule has 90 valence electrons. The maximum absolute atomic E-state index is 10.0. The van der Waals surface area contributed by atoms with Crippen LogP contribution in [0.15, 0.2) is 11.1 Å². The van der Waals surface area contributed by atoms with Crippen molar-refractivity contribution in [1.29, 1.82) is 5.41 Å². The minimum absolute atomic E-state index is 0.305. The van der Waals surface area contributed by atoms with Gasteiger partial charge in [0.25, 0.3) is 0 Å². The van der Waals surface area contributed by atoms with Gasteiger partial charge in [-0.15, -0.1) is 11.3 Å². The molecule has 0 saturated heterocycles. The van der Waals surface area contributed by atoms with Crippen LogP contribution in [0.2, 0.25) is 0 Å². The predicted octanol–water partition coefficient (Wildman–Crippen LogP) is 2.43. The molecule has 0 unspecified atom stereocenters. The summed E-state index contributed by atoms with van der Waals surface area (Å²) in [7, 11) is 0. The van der Waals surface area contributed by atoms with Gasteiger partial charge in [-0.05, 0) is 19.3 Å². The molecule has 0 bridgehead atoms. The van der Waals surface area contributed by atoms with E-state index in [1.165, 1.54) is 11.3 Å². The number of hydrogen-bond acceptors (Lipinski definition) is 4. The molecule has 3 rings (SSSR count). The zero-order valence-electron chi connectivity index (χ0n) is 9.73. The molecule has 1 fully saturated rings. The van der Waals surface area contributed by atoms with Crippen LogP contribution in [0.25, 0.3) is 5.57 Å². The normalized spacial score (nSPS) is 20.5. The summed E-state index contributed by atoms with van der Waals surface area (Å²) in [6, 6.07) is 0.466. The standard InChI is InChI=1S/C12H15N3OS/c1-2-7-6-17-12(14-7)10-9(16)5-15(11(10)13)8-3-4-8/h6,8,13,16H,2-5H2,1H3. The largest absolute Gasteiger partial charge is 0.510 e. The van der Waals surface area contributed by atoms with E-state index in [4.69, 9.17) is 5.41 Å². The highest BCUT2D eigenvalue weighted by Crippen LogP contribution is 2.36. The van der Waals surface area contributed by atoms with E-state index in [1.54, 1.807) is 0 Å². The van der Waals surface area contributed by atoms with Crippen LogP contribution in [-0.4, -0.2) is 33.4 Å². The summed E-state index contributed by atoms with van der Waals surface area (Å²) >= 11 is 1.52. The number of aliphatic hydroxyl groups excluding tert-OH is 1. The van der Waals surface area contributed by atoms with Gasteiger partial charge in [-0.1, -0.05) is 6.92 Å². The molecular formula is C12H15N3OS. The molecule has 1 aliphatic heterocycles. The van der Waals surface area contributed by atoms with Gasteiger partial charge >= 0.3 is 0 Å². The van der Waals surface area contributed by atoms with Crippen molar-refractivity contribution < 1.29 is 5.11 Å². The lowest BCUT2D eigenvalue weighted by atomic mass is 10.2. The molecule has 1 aromatic rings. The molecule has 4 nitrogen and oxygen atoms in total. The van der Waals surface area contributed by atoms with Gasteiger partial charge in [0, 0.05) is 11.4 Å². The summed E-state index contributed by atoms with van der Waals surface area (Å²) in [5.74, 6) is 0.751.